The molecule has 2 aliphatic heterocycles. The Morgan fingerprint density at radius 3 is 2.76 bits per heavy atom. The molecule has 1 aliphatic carbocycles. The molecule has 2 unspecified atom stereocenters. The summed E-state index contributed by atoms with van der Waals surface area (Å²) in [4.78, 5) is 23.5. The van der Waals surface area contributed by atoms with Gasteiger partial charge in [0.15, 0.2) is 11.6 Å². The number of piperidine rings is 1. The number of hydrogen-bond acceptors (Lipinski definition) is 6. The second kappa shape index (κ2) is 7.33. The number of urea groups is 1. The number of nitrogens with one attached hydrogen (secondary N) is 1. The van der Waals surface area contributed by atoms with Crippen LogP contribution in [0.4, 0.5) is 14.9 Å². The van der Waals surface area contributed by atoms with Crippen LogP contribution in [0.25, 0.3) is 11.4 Å². The van der Waals surface area contributed by atoms with Gasteiger partial charge in [-0.3, -0.25) is 0 Å². The fraction of sp³-hybridized carbons (Fsp3) is 0.458. The molecule has 3 atom stereocenters. The summed E-state index contributed by atoms with van der Waals surface area (Å²) in [5.74, 6) is 2.04. The molecule has 170 valence electrons. The molecule has 0 radical (unpaired) electrons. The van der Waals surface area contributed by atoms with Gasteiger partial charge in [0.1, 0.15) is 5.54 Å². The summed E-state index contributed by atoms with van der Waals surface area (Å²) in [5, 5.41) is 11.7. The minimum Gasteiger partial charge on any atom is -0.422 e. The van der Waals surface area contributed by atoms with Crippen LogP contribution < -0.4 is 5.32 Å². The van der Waals surface area contributed by atoms with Gasteiger partial charge in [-0.05, 0) is 56.2 Å². The Morgan fingerprint density at radius 2 is 2.00 bits per heavy atom. The predicted octanol–water partition coefficient (Wildman–Crippen LogP) is 4.78. The fourth-order valence-corrected chi connectivity index (χ4v) is 5.44. The third-order valence-corrected chi connectivity index (χ3v) is 7.09. The Hall–Kier alpha value is -3.36. The summed E-state index contributed by atoms with van der Waals surface area (Å²) in [5.41, 5.74) is 1.76. The maximum absolute atomic E-state index is 13.5. The number of hydrogen-bond donors (Lipinski definition) is 1. The zero-order valence-electron chi connectivity index (χ0n) is 18.6. The molecular formula is C24H25FN6O2. The zero-order chi connectivity index (χ0) is 22.7. The number of carbonyl (C=O) groups is 1. The summed E-state index contributed by atoms with van der Waals surface area (Å²) >= 11 is 0. The molecule has 2 aromatic heterocycles. The lowest BCUT2D eigenvalue weighted by atomic mass is 9.64. The van der Waals surface area contributed by atoms with Crippen LogP contribution >= 0.6 is 0 Å². The van der Waals surface area contributed by atoms with E-state index in [9.17, 15) is 9.18 Å². The van der Waals surface area contributed by atoms with Gasteiger partial charge in [0, 0.05) is 29.6 Å². The number of fused-ring (bicyclic) bond motifs is 2. The van der Waals surface area contributed by atoms with E-state index in [4.69, 9.17) is 4.42 Å². The van der Waals surface area contributed by atoms with Crippen molar-refractivity contribution in [3.05, 3.63) is 53.8 Å². The molecule has 4 heterocycles. The first kappa shape index (κ1) is 20.3. The van der Waals surface area contributed by atoms with Crippen molar-refractivity contribution in [1.82, 2.24) is 25.1 Å². The zero-order valence-corrected chi connectivity index (χ0v) is 18.6. The highest BCUT2D eigenvalue weighted by molar-refractivity contribution is 5.91. The lowest BCUT2D eigenvalue weighted by Crippen LogP contribution is -2.70. The SMILES string of the molecule is Cc1ccc(NC(=O)N2C3C[C@@H](C)CC2(c2nnc(C4CC4)o2)C3)cc1-c1ncc(F)cn1. The normalized spacial score (nSPS) is 26.1. The Kier molecular flexibility index (Phi) is 4.50. The van der Waals surface area contributed by atoms with E-state index in [0.29, 0.717) is 35.1 Å². The Bertz CT molecular complexity index is 1220. The van der Waals surface area contributed by atoms with E-state index in [-0.39, 0.29) is 12.1 Å². The van der Waals surface area contributed by atoms with Crippen LogP contribution in [0.5, 0.6) is 0 Å². The highest BCUT2D eigenvalue weighted by Gasteiger charge is 2.62. The number of amides is 2. The monoisotopic (exact) mass is 448 g/mol. The van der Waals surface area contributed by atoms with E-state index in [1.54, 1.807) is 0 Å². The summed E-state index contributed by atoms with van der Waals surface area (Å²) in [6.07, 6.45) is 7.07. The van der Waals surface area contributed by atoms with E-state index in [0.717, 1.165) is 55.6 Å². The molecule has 1 N–H and O–H groups in total. The number of halogens is 1. The van der Waals surface area contributed by atoms with Crippen molar-refractivity contribution in [2.75, 3.05) is 5.32 Å². The van der Waals surface area contributed by atoms with Crippen LogP contribution in [-0.2, 0) is 5.54 Å². The van der Waals surface area contributed by atoms with Gasteiger partial charge in [0.2, 0.25) is 11.8 Å². The molecule has 33 heavy (non-hydrogen) atoms. The molecule has 3 aliphatic rings. The minimum absolute atomic E-state index is 0.148. The summed E-state index contributed by atoms with van der Waals surface area (Å²) < 4.78 is 19.3. The van der Waals surface area contributed by atoms with E-state index < -0.39 is 11.4 Å². The largest absolute Gasteiger partial charge is 0.422 e. The molecule has 9 heteroatoms. The first-order chi connectivity index (χ1) is 15.9. The van der Waals surface area contributed by atoms with Crippen molar-refractivity contribution >= 4 is 11.7 Å². The molecule has 1 aromatic carbocycles. The van der Waals surface area contributed by atoms with Gasteiger partial charge in [-0.25, -0.2) is 19.2 Å². The summed E-state index contributed by atoms with van der Waals surface area (Å²) in [6, 6.07) is 5.54. The number of nitrogens with zero attached hydrogens (tertiary/aromatic N) is 5. The number of aryl methyl sites for hydroxylation is 1. The third kappa shape index (κ3) is 3.37. The third-order valence-electron chi connectivity index (χ3n) is 7.09. The van der Waals surface area contributed by atoms with Gasteiger partial charge in [-0.1, -0.05) is 13.0 Å². The van der Waals surface area contributed by atoms with Gasteiger partial charge >= 0.3 is 6.03 Å². The highest BCUT2D eigenvalue weighted by Crippen LogP contribution is 2.56. The number of benzene rings is 1. The van der Waals surface area contributed by atoms with E-state index >= 15 is 0 Å². The maximum Gasteiger partial charge on any atom is 0.323 e. The average molecular weight is 449 g/mol. The van der Waals surface area contributed by atoms with Crippen LogP contribution in [-0.4, -0.2) is 37.1 Å². The van der Waals surface area contributed by atoms with Crippen LogP contribution in [0.1, 0.15) is 62.3 Å². The van der Waals surface area contributed by atoms with Gasteiger partial charge in [-0.2, -0.15) is 0 Å². The van der Waals surface area contributed by atoms with Crippen molar-refractivity contribution in [1.29, 1.82) is 0 Å². The van der Waals surface area contributed by atoms with Gasteiger partial charge in [0.25, 0.3) is 0 Å². The molecular weight excluding hydrogens is 423 g/mol. The lowest BCUT2D eigenvalue weighted by molar-refractivity contribution is -0.110. The van der Waals surface area contributed by atoms with Crippen molar-refractivity contribution in [2.45, 2.75) is 63.5 Å². The molecule has 3 fully saturated rings. The number of aromatic nitrogens is 4. The van der Waals surface area contributed by atoms with Crippen LogP contribution in [0, 0.1) is 18.7 Å². The van der Waals surface area contributed by atoms with Crippen molar-refractivity contribution in [3.8, 4) is 11.4 Å². The minimum atomic E-state index is -0.542. The van der Waals surface area contributed by atoms with Gasteiger partial charge in [-0.15, -0.1) is 10.2 Å². The van der Waals surface area contributed by atoms with E-state index in [1.807, 2.05) is 30.0 Å². The number of carbonyl (C=O) groups excluding carboxylic acids is 1. The van der Waals surface area contributed by atoms with Crippen LogP contribution in [0.3, 0.4) is 0 Å². The van der Waals surface area contributed by atoms with Gasteiger partial charge < -0.3 is 14.6 Å². The Morgan fingerprint density at radius 1 is 1.21 bits per heavy atom. The lowest BCUT2D eigenvalue weighted by Gasteiger charge is -2.61. The molecule has 2 saturated heterocycles. The van der Waals surface area contributed by atoms with Crippen LogP contribution in [0.15, 0.2) is 35.0 Å². The van der Waals surface area contributed by atoms with Crippen molar-refractivity contribution < 1.29 is 13.6 Å². The highest BCUT2D eigenvalue weighted by atomic mass is 19.1. The average Bonchev–Trinajstić information content (AvgIpc) is 3.51. The molecule has 2 bridgehead atoms. The summed E-state index contributed by atoms with van der Waals surface area (Å²) in [7, 11) is 0. The predicted molar refractivity (Wildman–Crippen MR) is 118 cm³/mol. The summed E-state index contributed by atoms with van der Waals surface area (Å²) in [6.45, 7) is 4.14. The van der Waals surface area contributed by atoms with Crippen molar-refractivity contribution in [2.24, 2.45) is 5.92 Å². The second-order valence-electron chi connectivity index (χ2n) is 9.71. The van der Waals surface area contributed by atoms with Crippen LogP contribution in [0.2, 0.25) is 0 Å². The Labute approximate surface area is 190 Å². The fourth-order valence-electron chi connectivity index (χ4n) is 5.44. The molecule has 0 spiro atoms. The molecule has 3 aromatic rings. The smallest absolute Gasteiger partial charge is 0.323 e. The van der Waals surface area contributed by atoms with E-state index in [2.05, 4.69) is 32.4 Å². The topological polar surface area (TPSA) is 97.0 Å². The molecule has 1 saturated carbocycles. The standard InChI is InChI=1S/C24H25FN6O2/c1-13-7-18-10-24(9-13,22-30-29-21(33-22)15-4-5-15)31(18)23(32)28-17-6-3-14(2)19(8-17)20-26-11-16(25)12-27-20/h3,6,8,11-13,15,18H,4-5,7,9-10H2,1-2H3,(H,28,32)/t13-,18?,24?/m1/s1. The number of anilines is 1. The quantitative estimate of drug-likeness (QED) is 0.617. The van der Waals surface area contributed by atoms with Crippen molar-refractivity contribution in [3.63, 3.8) is 0 Å². The maximum atomic E-state index is 13.5. The Balaban J connectivity index is 1.27. The first-order valence-corrected chi connectivity index (χ1v) is 11.5. The van der Waals surface area contributed by atoms with Gasteiger partial charge in [0.05, 0.1) is 12.4 Å². The molecule has 2 amide bonds. The first-order valence-electron chi connectivity index (χ1n) is 11.5. The molecule has 8 nitrogen and oxygen atoms in total. The number of rotatable bonds is 4. The molecule has 6 rings (SSSR count). The van der Waals surface area contributed by atoms with E-state index in [1.165, 1.54) is 0 Å². The second-order valence-corrected chi connectivity index (χ2v) is 9.71.